The van der Waals surface area contributed by atoms with Crippen LogP contribution >= 0.6 is 11.3 Å². The Labute approximate surface area is 138 Å². The quantitative estimate of drug-likeness (QED) is 0.781. The smallest absolute Gasteiger partial charge is 0.233 e. The first-order chi connectivity index (χ1) is 11.2. The Hall–Kier alpha value is -2.73. The van der Waals surface area contributed by atoms with E-state index in [0.29, 0.717) is 12.3 Å². The number of nitrogens with zero attached hydrogens (tertiary/aromatic N) is 2. The fourth-order valence-corrected chi connectivity index (χ4v) is 2.82. The van der Waals surface area contributed by atoms with Gasteiger partial charge >= 0.3 is 0 Å². The third-order valence-corrected chi connectivity index (χ3v) is 4.08. The lowest BCUT2D eigenvalue weighted by Gasteiger charge is -2.07. The molecule has 0 aliphatic heterocycles. The fraction of sp³-hybridized carbons (Fsp3) is 0.118. The maximum Gasteiger partial charge on any atom is 0.233 e. The van der Waals surface area contributed by atoms with E-state index in [-0.39, 0.29) is 5.91 Å². The van der Waals surface area contributed by atoms with Gasteiger partial charge in [-0.15, -0.1) is 21.5 Å². The van der Waals surface area contributed by atoms with Gasteiger partial charge in [-0.25, -0.2) is 0 Å². The molecule has 116 valence electrons. The molecule has 2 heterocycles. The average molecular weight is 325 g/mol. The molecule has 1 aromatic carbocycles. The van der Waals surface area contributed by atoms with Crippen molar-refractivity contribution in [3.63, 3.8) is 0 Å². The van der Waals surface area contributed by atoms with Gasteiger partial charge in [0, 0.05) is 22.2 Å². The summed E-state index contributed by atoms with van der Waals surface area (Å²) in [6.45, 7) is 0. The van der Waals surface area contributed by atoms with Crippen LogP contribution < -0.4 is 10.1 Å². The maximum atomic E-state index is 12.1. The summed E-state index contributed by atoms with van der Waals surface area (Å²) < 4.78 is 5.00. The molecule has 23 heavy (non-hydrogen) atoms. The van der Waals surface area contributed by atoms with Gasteiger partial charge in [-0.05, 0) is 29.6 Å². The number of aromatic nitrogens is 2. The Morgan fingerprint density at radius 3 is 2.78 bits per heavy atom. The van der Waals surface area contributed by atoms with Gasteiger partial charge in [-0.2, -0.15) is 0 Å². The zero-order valence-electron chi connectivity index (χ0n) is 12.5. The Kier molecular flexibility index (Phi) is 4.63. The largest absolute Gasteiger partial charge is 0.480 e. The Morgan fingerprint density at radius 1 is 1.17 bits per heavy atom. The molecule has 0 saturated heterocycles. The van der Waals surface area contributed by atoms with E-state index in [4.69, 9.17) is 4.74 Å². The highest BCUT2D eigenvalue weighted by atomic mass is 32.1. The lowest BCUT2D eigenvalue weighted by Crippen LogP contribution is -2.13. The molecule has 3 aromatic rings. The van der Waals surface area contributed by atoms with E-state index in [0.717, 1.165) is 21.8 Å². The zero-order chi connectivity index (χ0) is 16.1. The van der Waals surface area contributed by atoms with Gasteiger partial charge in [0.2, 0.25) is 11.8 Å². The summed E-state index contributed by atoms with van der Waals surface area (Å²) in [7, 11) is 1.55. The van der Waals surface area contributed by atoms with Crippen LogP contribution in [0.25, 0.3) is 11.3 Å². The number of hydrogen-bond acceptors (Lipinski definition) is 5. The number of hydrogen-bond donors (Lipinski definition) is 1. The average Bonchev–Trinajstić information content (AvgIpc) is 3.08. The number of nitrogens with one attached hydrogen (secondary N) is 1. The summed E-state index contributed by atoms with van der Waals surface area (Å²) in [6, 6.07) is 15.0. The number of ether oxygens (including phenoxy) is 1. The monoisotopic (exact) mass is 325 g/mol. The van der Waals surface area contributed by atoms with Crippen molar-refractivity contribution in [1.29, 1.82) is 0 Å². The summed E-state index contributed by atoms with van der Waals surface area (Å²) in [5.41, 5.74) is 2.34. The minimum atomic E-state index is -0.0367. The molecular formula is C17H15N3O2S. The molecular weight excluding hydrogens is 310 g/mol. The van der Waals surface area contributed by atoms with Crippen LogP contribution in [0.15, 0.2) is 53.9 Å². The minimum absolute atomic E-state index is 0.0367. The van der Waals surface area contributed by atoms with Gasteiger partial charge in [0.05, 0.1) is 19.2 Å². The molecule has 0 bridgehead atoms. The van der Waals surface area contributed by atoms with Crippen LogP contribution in [-0.2, 0) is 11.2 Å². The summed E-state index contributed by atoms with van der Waals surface area (Å²) in [6.07, 6.45) is 0.379. The Morgan fingerprint density at radius 2 is 2.09 bits per heavy atom. The predicted octanol–water partition coefficient (Wildman–Crippen LogP) is 3.39. The molecule has 2 aromatic heterocycles. The lowest BCUT2D eigenvalue weighted by molar-refractivity contribution is -0.115. The van der Waals surface area contributed by atoms with Crippen molar-refractivity contribution in [3.05, 3.63) is 58.8 Å². The second kappa shape index (κ2) is 7.02. The molecule has 0 aliphatic carbocycles. The number of benzene rings is 1. The molecule has 0 radical (unpaired) electrons. The zero-order valence-corrected chi connectivity index (χ0v) is 13.3. The van der Waals surface area contributed by atoms with Crippen LogP contribution in [0.4, 0.5) is 5.69 Å². The number of anilines is 1. The highest BCUT2D eigenvalue weighted by molar-refractivity contribution is 7.10. The maximum absolute atomic E-state index is 12.1. The molecule has 6 heteroatoms. The number of carbonyl (C=O) groups excluding carboxylic acids is 1. The van der Waals surface area contributed by atoms with Crippen molar-refractivity contribution < 1.29 is 9.53 Å². The number of carbonyl (C=O) groups is 1. The molecule has 0 fully saturated rings. The van der Waals surface area contributed by atoms with Gasteiger partial charge in [-0.3, -0.25) is 4.79 Å². The van der Waals surface area contributed by atoms with E-state index < -0.39 is 0 Å². The topological polar surface area (TPSA) is 64.1 Å². The second-order valence-corrected chi connectivity index (χ2v) is 5.88. The van der Waals surface area contributed by atoms with Crippen LogP contribution in [0.3, 0.4) is 0 Å². The normalized spacial score (nSPS) is 10.3. The molecule has 1 amide bonds. The molecule has 5 nitrogen and oxygen atoms in total. The van der Waals surface area contributed by atoms with Crippen molar-refractivity contribution in [1.82, 2.24) is 10.2 Å². The number of thiophene rings is 1. The van der Waals surface area contributed by atoms with Crippen LogP contribution in [0.2, 0.25) is 0 Å². The molecule has 0 spiro atoms. The number of methoxy groups -OCH3 is 1. The lowest BCUT2D eigenvalue weighted by atomic mass is 10.1. The van der Waals surface area contributed by atoms with E-state index in [9.17, 15) is 4.79 Å². The molecule has 3 rings (SSSR count). The fourth-order valence-electron chi connectivity index (χ4n) is 2.12. The SMILES string of the molecule is COc1ccc(-c2cccc(NC(=O)Cc3cccs3)c2)nn1. The Bertz CT molecular complexity index is 786. The van der Waals surface area contributed by atoms with Gasteiger partial charge in [-0.1, -0.05) is 18.2 Å². The first-order valence-corrected chi connectivity index (χ1v) is 7.93. The molecule has 1 N–H and O–H groups in total. The summed E-state index contributed by atoms with van der Waals surface area (Å²) in [5.74, 6) is 0.430. The third kappa shape index (κ3) is 3.92. The van der Waals surface area contributed by atoms with Gasteiger partial charge < -0.3 is 10.1 Å². The first-order valence-electron chi connectivity index (χ1n) is 7.05. The van der Waals surface area contributed by atoms with Crippen LogP contribution in [0.1, 0.15) is 4.88 Å². The van der Waals surface area contributed by atoms with E-state index in [2.05, 4.69) is 15.5 Å². The predicted molar refractivity (Wildman–Crippen MR) is 90.7 cm³/mol. The Balaban J connectivity index is 1.72. The van der Waals surface area contributed by atoms with E-state index >= 15 is 0 Å². The summed E-state index contributed by atoms with van der Waals surface area (Å²) >= 11 is 1.57. The highest BCUT2D eigenvalue weighted by Crippen LogP contribution is 2.21. The van der Waals surface area contributed by atoms with Crippen LogP contribution in [-0.4, -0.2) is 23.2 Å². The van der Waals surface area contributed by atoms with Crippen molar-refractivity contribution in [2.75, 3.05) is 12.4 Å². The number of rotatable bonds is 5. The van der Waals surface area contributed by atoms with E-state index in [1.165, 1.54) is 0 Å². The van der Waals surface area contributed by atoms with Crippen molar-refractivity contribution in [3.8, 4) is 17.1 Å². The number of amides is 1. The van der Waals surface area contributed by atoms with Crippen LogP contribution in [0.5, 0.6) is 5.88 Å². The van der Waals surface area contributed by atoms with Gasteiger partial charge in [0.1, 0.15) is 0 Å². The second-order valence-electron chi connectivity index (χ2n) is 4.85. The van der Waals surface area contributed by atoms with Crippen LogP contribution in [0, 0.1) is 0 Å². The van der Waals surface area contributed by atoms with E-state index in [1.807, 2.05) is 47.8 Å². The van der Waals surface area contributed by atoms with Crippen molar-refractivity contribution >= 4 is 22.9 Å². The minimum Gasteiger partial charge on any atom is -0.480 e. The van der Waals surface area contributed by atoms with Gasteiger partial charge in [0.25, 0.3) is 0 Å². The van der Waals surface area contributed by atoms with Crippen molar-refractivity contribution in [2.45, 2.75) is 6.42 Å². The standard InChI is InChI=1S/C17H15N3O2S/c1-22-17-8-7-15(19-20-17)12-4-2-5-13(10-12)18-16(21)11-14-6-3-9-23-14/h2-10H,11H2,1H3,(H,18,21). The van der Waals surface area contributed by atoms with Gasteiger partial charge in [0.15, 0.2) is 0 Å². The molecule has 0 aliphatic rings. The molecule has 0 atom stereocenters. The molecule has 0 saturated carbocycles. The third-order valence-electron chi connectivity index (χ3n) is 3.21. The first kappa shape index (κ1) is 15.2. The summed E-state index contributed by atoms with van der Waals surface area (Å²) in [4.78, 5) is 13.1. The van der Waals surface area contributed by atoms with E-state index in [1.54, 1.807) is 24.5 Å². The molecule has 0 unspecified atom stereocenters. The summed E-state index contributed by atoms with van der Waals surface area (Å²) in [5, 5.41) is 12.9. The highest BCUT2D eigenvalue weighted by Gasteiger charge is 2.07. The van der Waals surface area contributed by atoms with Crippen molar-refractivity contribution in [2.24, 2.45) is 0 Å².